The van der Waals surface area contributed by atoms with Crippen LogP contribution in [0, 0.1) is 0 Å². The Hall–Kier alpha value is -3.40. The number of hydrogen-bond acceptors (Lipinski definition) is 3. The van der Waals surface area contributed by atoms with Crippen LogP contribution in [0.5, 0.6) is 5.75 Å². The van der Waals surface area contributed by atoms with Gasteiger partial charge < -0.3 is 4.74 Å². The van der Waals surface area contributed by atoms with Gasteiger partial charge in [0.25, 0.3) is 11.8 Å². The predicted molar refractivity (Wildman–Crippen MR) is 132 cm³/mol. The number of fused-ring (bicyclic) bond motifs is 1. The normalized spacial score (nSPS) is 12.8. The third-order valence-electron chi connectivity index (χ3n) is 6.13. The van der Waals surface area contributed by atoms with Gasteiger partial charge >= 0.3 is 0 Å². The van der Waals surface area contributed by atoms with E-state index in [9.17, 15) is 9.59 Å². The molecule has 0 saturated heterocycles. The molecule has 0 aliphatic carbocycles. The Morgan fingerprint density at radius 2 is 1.06 bits per heavy atom. The van der Waals surface area contributed by atoms with Gasteiger partial charge in [-0.15, -0.1) is 0 Å². The van der Waals surface area contributed by atoms with Crippen LogP contribution >= 0.6 is 0 Å². The number of amides is 2. The van der Waals surface area contributed by atoms with Crippen molar-refractivity contribution in [2.45, 2.75) is 44.9 Å². The minimum Gasteiger partial charge on any atom is -0.494 e. The standard InChI is InChI=1S/C29H31NO3/c31-28-26-15-9-10-16-27(26)29(32)30(28)21-11-4-2-1-3-5-12-22-33-25-19-17-24(18-20-25)23-13-7-6-8-14-23/h6-10,13-20H,1-5,11-12,21-22H2. The molecule has 170 valence electrons. The van der Waals surface area contributed by atoms with E-state index in [0.29, 0.717) is 17.7 Å². The molecule has 33 heavy (non-hydrogen) atoms. The number of benzene rings is 3. The van der Waals surface area contributed by atoms with Crippen LogP contribution < -0.4 is 4.74 Å². The van der Waals surface area contributed by atoms with E-state index in [-0.39, 0.29) is 11.8 Å². The lowest BCUT2D eigenvalue weighted by Gasteiger charge is -2.13. The summed E-state index contributed by atoms with van der Waals surface area (Å²) >= 11 is 0. The molecular weight excluding hydrogens is 410 g/mol. The molecule has 3 aromatic carbocycles. The monoisotopic (exact) mass is 441 g/mol. The average molecular weight is 442 g/mol. The first kappa shape index (κ1) is 22.8. The summed E-state index contributed by atoms with van der Waals surface area (Å²) in [5, 5.41) is 0. The number of nitrogens with zero attached hydrogens (tertiary/aromatic N) is 1. The Balaban J connectivity index is 1.04. The Morgan fingerprint density at radius 3 is 1.70 bits per heavy atom. The zero-order valence-electron chi connectivity index (χ0n) is 19.0. The zero-order chi connectivity index (χ0) is 22.9. The van der Waals surface area contributed by atoms with E-state index < -0.39 is 0 Å². The number of carbonyl (C=O) groups is 2. The van der Waals surface area contributed by atoms with Gasteiger partial charge in [0.15, 0.2) is 0 Å². The Kier molecular flexibility index (Phi) is 7.91. The van der Waals surface area contributed by atoms with Crippen LogP contribution in [0.25, 0.3) is 11.1 Å². The predicted octanol–water partition coefficient (Wildman–Crippen LogP) is 6.76. The number of ether oxygens (including phenoxy) is 1. The molecule has 4 rings (SSSR count). The largest absolute Gasteiger partial charge is 0.494 e. The van der Waals surface area contributed by atoms with E-state index in [1.165, 1.54) is 28.9 Å². The zero-order valence-corrected chi connectivity index (χ0v) is 19.0. The maximum absolute atomic E-state index is 12.4. The molecule has 0 aromatic heterocycles. The molecule has 4 heteroatoms. The molecule has 0 radical (unpaired) electrons. The topological polar surface area (TPSA) is 46.6 Å². The van der Waals surface area contributed by atoms with Crippen molar-refractivity contribution >= 4 is 11.8 Å². The van der Waals surface area contributed by atoms with Gasteiger partial charge in [-0.1, -0.05) is 86.7 Å². The van der Waals surface area contributed by atoms with Gasteiger partial charge in [0, 0.05) is 6.54 Å². The first-order chi connectivity index (χ1) is 16.2. The van der Waals surface area contributed by atoms with Crippen molar-refractivity contribution in [3.63, 3.8) is 0 Å². The summed E-state index contributed by atoms with van der Waals surface area (Å²) in [4.78, 5) is 26.1. The second-order valence-corrected chi connectivity index (χ2v) is 8.52. The lowest BCUT2D eigenvalue weighted by molar-refractivity contribution is 0.0651. The molecule has 1 aliphatic rings. The first-order valence-electron chi connectivity index (χ1n) is 12.0. The van der Waals surface area contributed by atoms with Gasteiger partial charge in [0.1, 0.15) is 5.75 Å². The maximum Gasteiger partial charge on any atom is 0.261 e. The quantitative estimate of drug-likeness (QED) is 0.230. The van der Waals surface area contributed by atoms with E-state index in [1.54, 1.807) is 24.3 Å². The van der Waals surface area contributed by atoms with Crippen molar-refractivity contribution in [1.82, 2.24) is 4.90 Å². The highest BCUT2D eigenvalue weighted by Crippen LogP contribution is 2.24. The molecule has 1 heterocycles. The number of carbonyl (C=O) groups excluding carboxylic acids is 2. The van der Waals surface area contributed by atoms with Crippen LogP contribution in [0.15, 0.2) is 78.9 Å². The molecule has 3 aromatic rings. The van der Waals surface area contributed by atoms with Gasteiger partial charge in [-0.25, -0.2) is 0 Å². The van der Waals surface area contributed by atoms with Gasteiger partial charge in [-0.05, 0) is 48.2 Å². The SMILES string of the molecule is O=C1c2ccccc2C(=O)N1CCCCCCCCCOc1ccc(-c2ccccc2)cc1. The summed E-state index contributed by atoms with van der Waals surface area (Å²) in [5.74, 6) is 0.624. The van der Waals surface area contributed by atoms with Crippen molar-refractivity contribution in [3.8, 4) is 16.9 Å². The third-order valence-corrected chi connectivity index (χ3v) is 6.13. The molecule has 0 atom stereocenters. The number of rotatable bonds is 12. The van der Waals surface area contributed by atoms with Gasteiger partial charge in [-0.3, -0.25) is 14.5 Å². The van der Waals surface area contributed by atoms with E-state index in [0.717, 1.165) is 44.5 Å². The van der Waals surface area contributed by atoms with Gasteiger partial charge in [0.2, 0.25) is 0 Å². The Labute approximate surface area is 196 Å². The molecule has 2 amide bonds. The minimum absolute atomic E-state index is 0.148. The summed E-state index contributed by atoms with van der Waals surface area (Å²) in [6.07, 6.45) is 7.60. The maximum atomic E-state index is 12.4. The van der Waals surface area contributed by atoms with Crippen LogP contribution in [0.3, 0.4) is 0 Å². The van der Waals surface area contributed by atoms with Gasteiger partial charge in [-0.2, -0.15) is 0 Å². The minimum atomic E-state index is -0.148. The molecule has 0 fully saturated rings. The average Bonchev–Trinajstić information content (AvgIpc) is 3.11. The summed E-state index contributed by atoms with van der Waals surface area (Å²) in [6, 6.07) is 25.7. The summed E-state index contributed by atoms with van der Waals surface area (Å²) in [7, 11) is 0. The third kappa shape index (κ3) is 5.89. The molecule has 1 aliphatic heterocycles. The van der Waals surface area contributed by atoms with E-state index in [1.807, 2.05) is 30.3 Å². The lowest BCUT2D eigenvalue weighted by Crippen LogP contribution is -2.30. The summed E-state index contributed by atoms with van der Waals surface area (Å²) in [5.41, 5.74) is 3.49. The number of unbranched alkanes of at least 4 members (excludes halogenated alkanes) is 6. The highest BCUT2D eigenvalue weighted by atomic mass is 16.5. The van der Waals surface area contributed by atoms with E-state index in [2.05, 4.69) is 24.3 Å². The van der Waals surface area contributed by atoms with Crippen LogP contribution in [0.2, 0.25) is 0 Å². The molecule has 0 bridgehead atoms. The number of imide groups is 1. The van der Waals surface area contributed by atoms with Crippen molar-refractivity contribution in [3.05, 3.63) is 90.0 Å². The molecule has 0 N–H and O–H groups in total. The number of hydrogen-bond donors (Lipinski definition) is 0. The van der Waals surface area contributed by atoms with Crippen molar-refractivity contribution < 1.29 is 14.3 Å². The van der Waals surface area contributed by atoms with Crippen LogP contribution in [0.1, 0.15) is 65.7 Å². The molecule has 0 unspecified atom stereocenters. The fourth-order valence-corrected chi connectivity index (χ4v) is 4.26. The fraction of sp³-hybridized carbons (Fsp3) is 0.310. The Morgan fingerprint density at radius 1 is 0.545 bits per heavy atom. The van der Waals surface area contributed by atoms with Crippen LogP contribution in [-0.2, 0) is 0 Å². The van der Waals surface area contributed by atoms with E-state index in [4.69, 9.17) is 4.74 Å². The summed E-state index contributed by atoms with van der Waals surface area (Å²) < 4.78 is 5.88. The molecule has 4 nitrogen and oxygen atoms in total. The summed E-state index contributed by atoms with van der Waals surface area (Å²) in [6.45, 7) is 1.26. The van der Waals surface area contributed by atoms with Crippen molar-refractivity contribution in [2.24, 2.45) is 0 Å². The van der Waals surface area contributed by atoms with E-state index >= 15 is 0 Å². The van der Waals surface area contributed by atoms with Gasteiger partial charge in [0.05, 0.1) is 17.7 Å². The highest BCUT2D eigenvalue weighted by Gasteiger charge is 2.34. The van der Waals surface area contributed by atoms with Crippen molar-refractivity contribution in [1.29, 1.82) is 0 Å². The second kappa shape index (κ2) is 11.5. The lowest BCUT2D eigenvalue weighted by atomic mass is 10.1. The highest BCUT2D eigenvalue weighted by molar-refractivity contribution is 6.21. The molecular formula is C29H31NO3. The molecule has 0 spiro atoms. The Bertz CT molecular complexity index is 1020. The van der Waals surface area contributed by atoms with Crippen molar-refractivity contribution in [2.75, 3.05) is 13.2 Å². The van der Waals surface area contributed by atoms with Crippen LogP contribution in [-0.4, -0.2) is 29.9 Å². The smallest absolute Gasteiger partial charge is 0.261 e. The second-order valence-electron chi connectivity index (χ2n) is 8.52. The first-order valence-corrected chi connectivity index (χ1v) is 12.0. The van der Waals surface area contributed by atoms with Crippen LogP contribution in [0.4, 0.5) is 0 Å². The fourth-order valence-electron chi connectivity index (χ4n) is 4.26. The molecule has 0 saturated carbocycles.